The maximum Gasteiger partial charge on any atom is 0.326 e. The van der Waals surface area contributed by atoms with Crippen molar-refractivity contribution < 1.29 is 53.1 Å². The fourth-order valence-corrected chi connectivity index (χ4v) is 10.5. The van der Waals surface area contributed by atoms with Crippen molar-refractivity contribution >= 4 is 59.1 Å². The number of hydrogen-bond acceptors (Lipinski definition) is 16. The number of benzene rings is 1. The average molecular weight is 1260 g/mol. The van der Waals surface area contributed by atoms with Crippen LogP contribution in [0.2, 0.25) is 0 Å². The van der Waals surface area contributed by atoms with Gasteiger partial charge in [-0.3, -0.25) is 43.2 Å². The summed E-state index contributed by atoms with van der Waals surface area (Å²) in [7, 11) is 0. The number of rotatable bonds is 39. The summed E-state index contributed by atoms with van der Waals surface area (Å²) in [4.78, 5) is 164. The zero-order valence-corrected chi connectivity index (χ0v) is 52.4. The van der Waals surface area contributed by atoms with Crippen molar-refractivity contribution in [2.45, 2.75) is 192 Å². The third-order valence-corrected chi connectivity index (χ3v) is 15.8. The fourth-order valence-electron chi connectivity index (χ4n) is 10.5. The molecular formula is C61H94N18O11. The van der Waals surface area contributed by atoms with Crippen molar-refractivity contribution in [2.24, 2.45) is 35.0 Å². The molecular weight excluding hydrogens is 1160 g/mol. The van der Waals surface area contributed by atoms with Crippen molar-refractivity contribution in [2.75, 3.05) is 19.6 Å². The van der Waals surface area contributed by atoms with Gasteiger partial charge in [0.15, 0.2) is 0 Å². The first-order chi connectivity index (χ1) is 43.0. The number of aliphatic carboxylic acids is 1. The molecule has 1 aliphatic heterocycles. The largest absolute Gasteiger partial charge is 0.480 e. The molecule has 0 saturated carbocycles. The lowest BCUT2D eigenvalue weighted by Crippen LogP contribution is -2.62. The minimum atomic E-state index is -1.40. The first kappa shape index (κ1) is 72.2. The molecule has 3 aromatic heterocycles. The van der Waals surface area contributed by atoms with Gasteiger partial charge in [0.05, 0.1) is 42.1 Å². The molecule has 0 aliphatic carbocycles. The van der Waals surface area contributed by atoms with E-state index in [9.17, 15) is 53.1 Å². The quantitative estimate of drug-likeness (QED) is 0.0248. The standard InChI is InChI=1S/C61H94N18O11/c1-7-37(6)51(59(87)75-47(27-40-30-66-33-69-40)54(82)71-43(61(89)90)19-12-14-22-63)78-58(86)50(36(4)5)77-56(84)44(24-35(2)3)72-55(83)46(26-39-29-65-32-68-39)73-53(81)45(25-38-16-9-8-10-17-38)74-57(85)49-20-15-23-79(49)60(88)48(28-41-31-67-34-70-41)76-52(80)42(64)18-11-13-21-62/h8-10,16-17,29-37,42-51H,7,11-15,18-28,62-64H2,1-6H3,(H,65,68)(H,66,69)(H,67,70)(H,71,82)(H,72,83)(H,73,81)(H,74,85)(H,75,87)(H,76,80)(H,77,84)(H,78,86)(H,89,90)/t37-,42-,43-,44-,45-,46-,47-,48-,49-,50-,51-/m0/s1. The zero-order valence-electron chi connectivity index (χ0n) is 52.4. The number of carboxylic acid groups (broad SMARTS) is 1. The van der Waals surface area contributed by atoms with Gasteiger partial charge in [-0.05, 0) is 87.8 Å². The zero-order chi connectivity index (χ0) is 65.9. The third-order valence-electron chi connectivity index (χ3n) is 15.8. The van der Waals surface area contributed by atoms with Gasteiger partial charge in [0.25, 0.3) is 0 Å². The number of carbonyl (C=O) groups is 10. The predicted molar refractivity (Wildman–Crippen MR) is 332 cm³/mol. The molecule has 1 aliphatic rings. The topological polar surface area (TPSA) is 455 Å². The van der Waals surface area contributed by atoms with Gasteiger partial charge in [0, 0.05) is 50.8 Å². The van der Waals surface area contributed by atoms with Gasteiger partial charge >= 0.3 is 5.97 Å². The number of amides is 9. The van der Waals surface area contributed by atoms with Crippen LogP contribution in [-0.4, -0.2) is 179 Å². The van der Waals surface area contributed by atoms with Crippen LogP contribution in [0.25, 0.3) is 0 Å². The lowest BCUT2D eigenvalue weighted by molar-refractivity contribution is -0.142. The number of carbonyl (C=O) groups excluding carboxylic acids is 9. The molecule has 0 bridgehead atoms. The van der Waals surface area contributed by atoms with E-state index in [1.165, 1.54) is 36.3 Å². The highest BCUT2D eigenvalue weighted by Crippen LogP contribution is 2.21. The molecule has 4 aromatic rings. The Balaban J connectivity index is 1.35. The van der Waals surface area contributed by atoms with Crippen LogP contribution in [0.5, 0.6) is 0 Å². The molecule has 0 unspecified atom stereocenters. The van der Waals surface area contributed by atoms with Gasteiger partial charge in [0.2, 0.25) is 53.2 Å². The maximum atomic E-state index is 14.8. The molecule has 1 aromatic carbocycles. The highest BCUT2D eigenvalue weighted by Gasteiger charge is 2.41. The van der Waals surface area contributed by atoms with Gasteiger partial charge in [-0.15, -0.1) is 0 Å². The second-order valence-corrected chi connectivity index (χ2v) is 23.8. The number of H-pyrrole nitrogens is 3. The van der Waals surface area contributed by atoms with Crippen LogP contribution in [-0.2, 0) is 73.6 Å². The lowest BCUT2D eigenvalue weighted by atomic mass is 9.95. The van der Waals surface area contributed by atoms with Crippen LogP contribution in [0.1, 0.15) is 128 Å². The van der Waals surface area contributed by atoms with E-state index in [-0.39, 0.29) is 57.4 Å². The van der Waals surface area contributed by atoms with Gasteiger partial charge in [-0.25, -0.2) is 19.7 Å². The summed E-state index contributed by atoms with van der Waals surface area (Å²) in [5.41, 5.74) is 19.4. The lowest BCUT2D eigenvalue weighted by Gasteiger charge is -2.31. The molecule has 0 spiro atoms. The number of carboxylic acids is 1. The molecule has 18 N–H and O–H groups in total. The van der Waals surface area contributed by atoms with E-state index >= 15 is 0 Å². The molecule has 90 heavy (non-hydrogen) atoms. The Morgan fingerprint density at radius 1 is 0.567 bits per heavy atom. The van der Waals surface area contributed by atoms with E-state index < -0.39 is 131 Å². The van der Waals surface area contributed by atoms with Crippen molar-refractivity contribution in [3.8, 4) is 0 Å². The highest BCUT2D eigenvalue weighted by atomic mass is 16.4. The van der Waals surface area contributed by atoms with Crippen molar-refractivity contribution in [1.29, 1.82) is 0 Å². The number of nitrogens with two attached hydrogens (primary N) is 3. The van der Waals surface area contributed by atoms with Crippen LogP contribution in [0, 0.1) is 17.8 Å². The Morgan fingerprint density at radius 3 is 1.53 bits per heavy atom. The number of hydrogen-bond donors (Lipinski definition) is 15. The number of nitrogens with zero attached hydrogens (tertiary/aromatic N) is 4. The summed E-state index contributed by atoms with van der Waals surface area (Å²) in [6, 6.07) is -3.41. The molecule has 1 fully saturated rings. The minimum Gasteiger partial charge on any atom is -0.480 e. The summed E-state index contributed by atoms with van der Waals surface area (Å²) in [5, 5.41) is 32.0. The van der Waals surface area contributed by atoms with Crippen molar-refractivity contribution in [1.82, 2.24) is 77.3 Å². The molecule has 4 heterocycles. The molecule has 494 valence electrons. The molecule has 11 atom stereocenters. The van der Waals surface area contributed by atoms with Crippen LogP contribution >= 0.6 is 0 Å². The average Bonchev–Trinajstić information content (AvgIpc) is 3.50. The number of likely N-dealkylation sites (tertiary alicyclic amines) is 1. The van der Waals surface area contributed by atoms with E-state index in [4.69, 9.17) is 17.2 Å². The highest BCUT2D eigenvalue weighted by molar-refractivity contribution is 5.99. The van der Waals surface area contributed by atoms with E-state index in [1.54, 1.807) is 64.2 Å². The number of aromatic nitrogens is 6. The monoisotopic (exact) mass is 1250 g/mol. The predicted octanol–water partition coefficient (Wildman–Crippen LogP) is -0.586. The van der Waals surface area contributed by atoms with Crippen LogP contribution in [0.4, 0.5) is 0 Å². The van der Waals surface area contributed by atoms with E-state index in [2.05, 4.69) is 72.4 Å². The Morgan fingerprint density at radius 2 is 1.03 bits per heavy atom. The van der Waals surface area contributed by atoms with Gasteiger partial charge in [0.1, 0.15) is 54.4 Å². The molecule has 29 heteroatoms. The SMILES string of the molecule is CC[C@H](C)[C@H](NC(=O)[C@@H](NC(=O)[C@H](CC(C)C)NC(=O)[C@H](Cc1c[nH]cn1)NC(=O)[C@H](Cc1ccccc1)NC(=O)[C@@H]1CCCN1C(=O)[C@H](Cc1c[nH]cn1)NC(=O)[C@@H](N)CCCCN)C(C)C)C(=O)N[C@@H](Cc1c[nH]cn1)C(=O)N[C@@H](CCCCN)C(=O)O. The fraction of sp³-hybridized carbons (Fsp3) is 0.590. The molecule has 29 nitrogen and oxygen atoms in total. The molecule has 5 rings (SSSR count). The number of nitrogens with one attached hydrogen (secondary N) is 11. The normalized spacial score (nSPS) is 16.4. The van der Waals surface area contributed by atoms with E-state index in [0.29, 0.717) is 80.7 Å². The molecule has 1 saturated heterocycles. The Hall–Kier alpha value is -8.57. The maximum absolute atomic E-state index is 14.8. The van der Waals surface area contributed by atoms with Crippen LogP contribution in [0.15, 0.2) is 67.9 Å². The van der Waals surface area contributed by atoms with Gasteiger partial charge in [-0.2, -0.15) is 0 Å². The summed E-state index contributed by atoms with van der Waals surface area (Å²) in [6.45, 7) is 11.5. The Bertz CT molecular complexity index is 2910. The van der Waals surface area contributed by atoms with Gasteiger partial charge in [-0.1, -0.05) is 84.7 Å². The second-order valence-electron chi connectivity index (χ2n) is 23.8. The molecule has 9 amide bonds. The third kappa shape index (κ3) is 22.8. The van der Waals surface area contributed by atoms with Crippen LogP contribution in [0.3, 0.4) is 0 Å². The number of aromatic amines is 3. The molecule has 0 radical (unpaired) electrons. The van der Waals surface area contributed by atoms with Crippen molar-refractivity contribution in [3.63, 3.8) is 0 Å². The summed E-state index contributed by atoms with van der Waals surface area (Å²) >= 11 is 0. The number of imidazole rings is 3. The van der Waals surface area contributed by atoms with Crippen LogP contribution < -0.4 is 59.7 Å². The van der Waals surface area contributed by atoms with E-state index in [1.807, 2.05) is 13.8 Å². The Kier molecular flexibility index (Phi) is 29.5. The first-order valence-corrected chi connectivity index (χ1v) is 31.1. The summed E-state index contributed by atoms with van der Waals surface area (Å²) < 4.78 is 0. The smallest absolute Gasteiger partial charge is 0.326 e. The summed E-state index contributed by atoms with van der Waals surface area (Å²) in [5.74, 6) is -8.94. The Labute approximate surface area is 524 Å². The minimum absolute atomic E-state index is 0.00407. The number of unbranched alkanes of at least 4 members (excludes halogenated alkanes) is 2. The van der Waals surface area contributed by atoms with Crippen molar-refractivity contribution in [3.05, 3.63) is 90.5 Å². The van der Waals surface area contributed by atoms with Gasteiger partial charge < -0.3 is 84.7 Å². The second kappa shape index (κ2) is 36.8. The first-order valence-electron chi connectivity index (χ1n) is 31.1. The van der Waals surface area contributed by atoms with E-state index in [0.717, 1.165) is 0 Å². The summed E-state index contributed by atoms with van der Waals surface area (Å²) in [6.07, 6.45) is 12.3.